The first-order valence-corrected chi connectivity index (χ1v) is 8.33. The summed E-state index contributed by atoms with van der Waals surface area (Å²) in [5.41, 5.74) is 1.27. The fraction of sp³-hybridized carbons (Fsp3) is 0.500. The van der Waals surface area contributed by atoms with Gasteiger partial charge in [0.15, 0.2) is 0 Å². The van der Waals surface area contributed by atoms with Crippen LogP contribution in [0.3, 0.4) is 0 Å². The van der Waals surface area contributed by atoms with Crippen LogP contribution in [0.5, 0.6) is 0 Å². The van der Waals surface area contributed by atoms with Gasteiger partial charge in [0.05, 0.1) is 12.2 Å². The molecule has 0 fully saturated rings. The molecule has 0 spiro atoms. The van der Waals surface area contributed by atoms with Gasteiger partial charge in [-0.3, -0.25) is 9.59 Å². The Kier molecular flexibility index (Phi) is 7.90. The van der Waals surface area contributed by atoms with Crippen LogP contribution in [0, 0.1) is 0 Å². The minimum atomic E-state index is -0.870. The van der Waals surface area contributed by atoms with E-state index in [-0.39, 0.29) is 18.4 Å². The summed E-state index contributed by atoms with van der Waals surface area (Å²) in [4.78, 5) is 24.5. The van der Waals surface area contributed by atoms with Crippen LogP contribution in [0.4, 0.5) is 0 Å². The van der Waals surface area contributed by atoms with Crippen molar-refractivity contribution in [1.29, 1.82) is 0 Å². The van der Waals surface area contributed by atoms with Crippen molar-refractivity contribution in [3.05, 3.63) is 35.9 Å². The number of nitrogens with zero attached hydrogens (tertiary/aromatic N) is 1. The molecule has 1 aromatic carbocycles. The predicted octanol–water partition coefficient (Wildman–Crippen LogP) is 2.67. The molecule has 0 aliphatic rings. The molecule has 0 aliphatic carbocycles. The monoisotopic (exact) mass is 309 g/mol. The molecule has 1 aromatic rings. The molecule has 0 bridgehead atoms. The number of amides is 1. The van der Waals surface area contributed by atoms with E-state index in [1.165, 1.54) is 5.56 Å². The van der Waals surface area contributed by atoms with E-state index in [0.29, 0.717) is 12.3 Å². The highest BCUT2D eigenvalue weighted by atomic mass is 32.2. The number of rotatable bonds is 9. The third kappa shape index (κ3) is 6.67. The fourth-order valence-corrected chi connectivity index (χ4v) is 3.04. The molecule has 0 aliphatic heterocycles. The lowest BCUT2D eigenvalue weighted by Gasteiger charge is -2.27. The van der Waals surface area contributed by atoms with Crippen molar-refractivity contribution in [2.24, 2.45) is 0 Å². The van der Waals surface area contributed by atoms with Crippen LogP contribution in [0.25, 0.3) is 0 Å². The molecule has 4 nitrogen and oxygen atoms in total. The molecule has 1 amide bonds. The predicted molar refractivity (Wildman–Crippen MR) is 86.6 cm³/mol. The van der Waals surface area contributed by atoms with Crippen LogP contribution in [0.1, 0.15) is 25.8 Å². The average molecular weight is 309 g/mol. The average Bonchev–Trinajstić information content (AvgIpc) is 2.44. The Bertz CT molecular complexity index is 450. The second-order valence-corrected chi connectivity index (χ2v) is 6.02. The third-order valence-corrected chi connectivity index (χ3v) is 4.21. The van der Waals surface area contributed by atoms with Gasteiger partial charge in [0.2, 0.25) is 5.91 Å². The molecular formula is C16H23NO3S. The Morgan fingerprint density at radius 2 is 1.95 bits per heavy atom. The van der Waals surface area contributed by atoms with Gasteiger partial charge in [0, 0.05) is 12.6 Å². The Morgan fingerprint density at radius 1 is 1.29 bits per heavy atom. The zero-order chi connectivity index (χ0) is 15.7. The highest BCUT2D eigenvalue weighted by Crippen LogP contribution is 2.11. The Morgan fingerprint density at radius 3 is 2.52 bits per heavy atom. The topological polar surface area (TPSA) is 57.6 Å². The van der Waals surface area contributed by atoms with Gasteiger partial charge in [-0.2, -0.15) is 11.8 Å². The molecule has 1 rings (SSSR count). The lowest BCUT2D eigenvalue weighted by Crippen LogP contribution is -2.40. The highest BCUT2D eigenvalue weighted by Gasteiger charge is 2.20. The van der Waals surface area contributed by atoms with E-state index in [0.717, 1.165) is 12.2 Å². The normalized spacial score (nSPS) is 11.9. The summed E-state index contributed by atoms with van der Waals surface area (Å²) in [5.74, 6) is 0.445. The SMILES string of the molecule is CCN(C(=O)CSCCc1ccccc1)C(C)CC(=O)O. The van der Waals surface area contributed by atoms with Crippen LogP contribution in [-0.2, 0) is 16.0 Å². The molecule has 0 saturated carbocycles. The van der Waals surface area contributed by atoms with Crippen molar-refractivity contribution in [2.75, 3.05) is 18.1 Å². The number of benzene rings is 1. The van der Waals surface area contributed by atoms with Gasteiger partial charge in [-0.25, -0.2) is 0 Å². The third-order valence-electron chi connectivity index (χ3n) is 3.27. The quantitative estimate of drug-likeness (QED) is 0.713. The minimum Gasteiger partial charge on any atom is -0.481 e. The lowest BCUT2D eigenvalue weighted by molar-refractivity contribution is -0.139. The number of hydrogen-bond donors (Lipinski definition) is 1. The van der Waals surface area contributed by atoms with Crippen LogP contribution in [0.15, 0.2) is 30.3 Å². The molecule has 5 heteroatoms. The van der Waals surface area contributed by atoms with Crippen molar-refractivity contribution >= 4 is 23.6 Å². The number of aryl methyl sites for hydroxylation is 1. The van der Waals surface area contributed by atoms with E-state index >= 15 is 0 Å². The lowest BCUT2D eigenvalue weighted by atomic mass is 10.2. The van der Waals surface area contributed by atoms with Crippen LogP contribution in [0.2, 0.25) is 0 Å². The maximum Gasteiger partial charge on any atom is 0.305 e. The zero-order valence-electron chi connectivity index (χ0n) is 12.6. The molecular weight excluding hydrogens is 286 g/mol. The van der Waals surface area contributed by atoms with Gasteiger partial charge in [0.1, 0.15) is 0 Å². The first-order valence-electron chi connectivity index (χ1n) is 7.17. The molecule has 0 heterocycles. The fourth-order valence-electron chi connectivity index (χ4n) is 2.17. The number of hydrogen-bond acceptors (Lipinski definition) is 3. The van der Waals surface area contributed by atoms with E-state index in [1.807, 2.05) is 25.1 Å². The van der Waals surface area contributed by atoms with E-state index < -0.39 is 5.97 Å². The zero-order valence-corrected chi connectivity index (χ0v) is 13.4. The van der Waals surface area contributed by atoms with Gasteiger partial charge >= 0.3 is 5.97 Å². The Hall–Kier alpha value is -1.49. The van der Waals surface area contributed by atoms with Crippen LogP contribution < -0.4 is 0 Å². The van der Waals surface area contributed by atoms with E-state index in [9.17, 15) is 9.59 Å². The van der Waals surface area contributed by atoms with Crippen molar-refractivity contribution in [2.45, 2.75) is 32.7 Å². The summed E-state index contributed by atoms with van der Waals surface area (Å²) in [7, 11) is 0. The van der Waals surface area contributed by atoms with Crippen molar-refractivity contribution < 1.29 is 14.7 Å². The van der Waals surface area contributed by atoms with Gasteiger partial charge < -0.3 is 10.0 Å². The molecule has 116 valence electrons. The van der Waals surface area contributed by atoms with E-state index in [2.05, 4.69) is 12.1 Å². The first-order chi connectivity index (χ1) is 10.0. The summed E-state index contributed by atoms with van der Waals surface area (Å²) < 4.78 is 0. The minimum absolute atomic E-state index is 0.00569. The number of thioether (sulfide) groups is 1. The van der Waals surface area contributed by atoms with Crippen LogP contribution >= 0.6 is 11.8 Å². The number of carbonyl (C=O) groups is 2. The van der Waals surface area contributed by atoms with Gasteiger partial charge in [-0.1, -0.05) is 30.3 Å². The number of carboxylic acid groups (broad SMARTS) is 1. The summed E-state index contributed by atoms with van der Waals surface area (Å²) in [6.07, 6.45) is 0.934. The standard InChI is InChI=1S/C16H23NO3S/c1-3-17(13(2)11-16(19)20)15(18)12-21-10-9-14-7-5-4-6-8-14/h4-8,13H,3,9-12H2,1-2H3,(H,19,20). The van der Waals surface area contributed by atoms with Gasteiger partial charge in [0.25, 0.3) is 0 Å². The van der Waals surface area contributed by atoms with Gasteiger partial charge in [-0.05, 0) is 31.6 Å². The molecule has 1 N–H and O–H groups in total. The van der Waals surface area contributed by atoms with E-state index in [4.69, 9.17) is 5.11 Å². The molecule has 0 saturated heterocycles. The summed E-state index contributed by atoms with van der Waals surface area (Å²) in [6.45, 7) is 4.21. The molecule has 0 radical (unpaired) electrons. The number of carboxylic acids is 1. The Balaban J connectivity index is 2.32. The number of carbonyl (C=O) groups excluding carboxylic acids is 1. The summed E-state index contributed by atoms with van der Waals surface area (Å²) in [5, 5.41) is 8.81. The van der Waals surface area contributed by atoms with Crippen molar-refractivity contribution in [3.8, 4) is 0 Å². The maximum absolute atomic E-state index is 12.1. The molecule has 21 heavy (non-hydrogen) atoms. The van der Waals surface area contributed by atoms with Crippen LogP contribution in [-0.4, -0.2) is 46.0 Å². The second-order valence-electron chi connectivity index (χ2n) is 4.91. The highest BCUT2D eigenvalue weighted by molar-refractivity contribution is 7.99. The number of aliphatic carboxylic acids is 1. The smallest absolute Gasteiger partial charge is 0.305 e. The first kappa shape index (κ1) is 17.6. The largest absolute Gasteiger partial charge is 0.481 e. The van der Waals surface area contributed by atoms with Gasteiger partial charge in [-0.15, -0.1) is 0 Å². The van der Waals surface area contributed by atoms with Crippen molar-refractivity contribution in [3.63, 3.8) is 0 Å². The molecule has 1 unspecified atom stereocenters. The van der Waals surface area contributed by atoms with Crippen molar-refractivity contribution in [1.82, 2.24) is 4.90 Å². The second kappa shape index (κ2) is 9.45. The maximum atomic E-state index is 12.1. The molecule has 0 aromatic heterocycles. The summed E-state index contributed by atoms with van der Waals surface area (Å²) >= 11 is 1.60. The summed E-state index contributed by atoms with van der Waals surface area (Å²) in [6, 6.07) is 9.92. The van der Waals surface area contributed by atoms with E-state index in [1.54, 1.807) is 23.6 Å². The Labute approximate surface area is 130 Å². The molecule has 1 atom stereocenters.